The van der Waals surface area contributed by atoms with Crippen molar-refractivity contribution in [3.63, 3.8) is 0 Å². The van der Waals surface area contributed by atoms with Crippen LogP contribution in [0, 0.1) is 0 Å². The molecule has 0 aromatic rings. The Balaban J connectivity index is 1.98. The van der Waals surface area contributed by atoms with E-state index in [4.69, 9.17) is 11.6 Å². The zero-order valence-electron chi connectivity index (χ0n) is 9.75. The molecule has 0 aromatic carbocycles. The molecule has 90 valence electrons. The number of fused-ring (bicyclic) bond motifs is 1. The van der Waals surface area contributed by atoms with Gasteiger partial charge >= 0.3 is 0 Å². The number of likely N-dealkylation sites (tertiary alicyclic amines) is 1. The molecular formula is C13H20ClNO. The summed E-state index contributed by atoms with van der Waals surface area (Å²) in [7, 11) is 0. The molecule has 1 aliphatic carbocycles. The van der Waals surface area contributed by atoms with E-state index in [1.165, 1.54) is 24.8 Å². The minimum Gasteiger partial charge on any atom is -0.336 e. The summed E-state index contributed by atoms with van der Waals surface area (Å²) >= 11 is 5.68. The van der Waals surface area contributed by atoms with Gasteiger partial charge in [0.05, 0.1) is 6.04 Å². The summed E-state index contributed by atoms with van der Waals surface area (Å²) in [6.45, 7) is 0.896. The lowest BCUT2D eigenvalue weighted by Crippen LogP contribution is -2.46. The summed E-state index contributed by atoms with van der Waals surface area (Å²) in [5.74, 6) is 1.05. The molecule has 1 atom stereocenters. The third-order valence-electron chi connectivity index (χ3n) is 3.62. The summed E-state index contributed by atoms with van der Waals surface area (Å²) in [5, 5.41) is 0. The van der Waals surface area contributed by atoms with Gasteiger partial charge in [0.2, 0.25) is 5.91 Å². The minimum atomic E-state index is 0.346. The Bertz CT molecular complexity index is 288. The molecule has 2 rings (SSSR count). The molecule has 0 aromatic heterocycles. The number of nitrogens with zero attached hydrogens (tertiary/aromatic N) is 1. The average molecular weight is 242 g/mol. The maximum Gasteiger partial charge on any atom is 0.223 e. The molecule has 1 saturated heterocycles. The van der Waals surface area contributed by atoms with E-state index in [-0.39, 0.29) is 0 Å². The quantitative estimate of drug-likeness (QED) is 0.421. The molecule has 1 fully saturated rings. The van der Waals surface area contributed by atoms with Crippen LogP contribution in [0.4, 0.5) is 0 Å². The summed E-state index contributed by atoms with van der Waals surface area (Å²) in [4.78, 5) is 14.0. The molecule has 0 radical (unpaired) electrons. The summed E-state index contributed by atoms with van der Waals surface area (Å²) < 4.78 is 0. The van der Waals surface area contributed by atoms with Crippen molar-refractivity contribution in [2.45, 2.75) is 51.0 Å². The molecule has 2 nitrogen and oxygen atoms in total. The lowest BCUT2D eigenvalue weighted by molar-refractivity contribution is -0.134. The van der Waals surface area contributed by atoms with E-state index in [0.717, 1.165) is 25.8 Å². The molecule has 16 heavy (non-hydrogen) atoms. The fraction of sp³-hybridized carbons (Fsp3) is 0.769. The highest BCUT2D eigenvalue weighted by Gasteiger charge is 2.31. The number of hydrogen-bond acceptors (Lipinski definition) is 1. The third kappa shape index (κ3) is 2.60. The Kier molecular flexibility index (Phi) is 4.28. The average Bonchev–Trinajstić information content (AvgIpc) is 2.32. The number of allylic oxidation sites excluding steroid dienone is 1. The number of rotatable bonds is 4. The second-order valence-electron chi connectivity index (χ2n) is 4.71. The molecule has 2 aliphatic rings. The van der Waals surface area contributed by atoms with Crippen molar-refractivity contribution in [1.82, 2.24) is 4.90 Å². The van der Waals surface area contributed by atoms with E-state index in [1.54, 1.807) is 0 Å². The Morgan fingerprint density at radius 1 is 1.38 bits per heavy atom. The fourth-order valence-electron chi connectivity index (χ4n) is 2.77. The van der Waals surface area contributed by atoms with Crippen LogP contribution in [0.25, 0.3) is 0 Å². The number of unbranched alkanes of at least 4 members (excludes halogenated alkanes) is 1. The molecular weight excluding hydrogens is 222 g/mol. The molecule has 0 saturated carbocycles. The Labute approximate surface area is 103 Å². The molecule has 3 heteroatoms. The summed E-state index contributed by atoms with van der Waals surface area (Å²) in [6.07, 6.45) is 9.71. The van der Waals surface area contributed by atoms with Crippen molar-refractivity contribution >= 4 is 17.5 Å². The molecule has 1 unspecified atom stereocenters. The van der Waals surface area contributed by atoms with E-state index in [1.807, 2.05) is 0 Å². The molecule has 0 spiro atoms. The van der Waals surface area contributed by atoms with E-state index in [0.29, 0.717) is 24.2 Å². The van der Waals surface area contributed by atoms with Crippen molar-refractivity contribution in [2.75, 3.05) is 12.4 Å². The van der Waals surface area contributed by atoms with Crippen molar-refractivity contribution in [3.05, 3.63) is 11.6 Å². The van der Waals surface area contributed by atoms with Crippen LogP contribution in [-0.2, 0) is 4.79 Å². The van der Waals surface area contributed by atoms with Gasteiger partial charge in [0.25, 0.3) is 0 Å². The summed E-state index contributed by atoms with van der Waals surface area (Å²) in [6, 6.07) is 0.422. The zero-order chi connectivity index (χ0) is 11.4. The van der Waals surface area contributed by atoms with Crippen LogP contribution in [0.15, 0.2) is 11.6 Å². The van der Waals surface area contributed by atoms with Gasteiger partial charge in [0.15, 0.2) is 0 Å². The van der Waals surface area contributed by atoms with E-state index in [2.05, 4.69) is 11.0 Å². The van der Waals surface area contributed by atoms with Gasteiger partial charge in [0, 0.05) is 18.8 Å². The first-order valence-electron chi connectivity index (χ1n) is 6.37. The van der Waals surface area contributed by atoms with Crippen LogP contribution in [0.2, 0.25) is 0 Å². The minimum absolute atomic E-state index is 0.346. The first kappa shape index (κ1) is 12.0. The molecule has 1 amide bonds. The summed E-state index contributed by atoms with van der Waals surface area (Å²) in [5.41, 5.74) is 1.51. The predicted molar refractivity (Wildman–Crippen MR) is 66.6 cm³/mol. The first-order chi connectivity index (χ1) is 7.83. The third-order valence-corrected chi connectivity index (χ3v) is 3.89. The molecule has 0 N–H and O–H groups in total. The van der Waals surface area contributed by atoms with Crippen LogP contribution in [-0.4, -0.2) is 29.3 Å². The SMILES string of the molecule is O=C1CCC2=CCCCC2N1CCCCCl. The molecule has 1 aliphatic heterocycles. The van der Waals surface area contributed by atoms with Crippen molar-refractivity contribution < 1.29 is 4.79 Å². The van der Waals surface area contributed by atoms with Crippen LogP contribution in [0.5, 0.6) is 0 Å². The van der Waals surface area contributed by atoms with Gasteiger partial charge in [-0.05, 0) is 38.5 Å². The lowest BCUT2D eigenvalue weighted by Gasteiger charge is -2.39. The smallest absolute Gasteiger partial charge is 0.223 e. The highest BCUT2D eigenvalue weighted by molar-refractivity contribution is 6.17. The highest BCUT2D eigenvalue weighted by Crippen LogP contribution is 2.31. The normalized spacial score (nSPS) is 25.3. The molecule has 0 bridgehead atoms. The standard InChI is InChI=1S/C13H20ClNO/c14-9-3-4-10-15-12-6-2-1-5-11(12)7-8-13(15)16/h5,12H,1-4,6-10H2. The van der Waals surface area contributed by atoms with Crippen molar-refractivity contribution in [3.8, 4) is 0 Å². The first-order valence-corrected chi connectivity index (χ1v) is 6.90. The van der Waals surface area contributed by atoms with E-state index >= 15 is 0 Å². The maximum atomic E-state index is 11.9. The Hall–Kier alpha value is -0.500. The fourth-order valence-corrected chi connectivity index (χ4v) is 2.96. The van der Waals surface area contributed by atoms with Gasteiger partial charge in [-0.3, -0.25) is 4.79 Å². The number of carbonyl (C=O) groups is 1. The monoisotopic (exact) mass is 241 g/mol. The van der Waals surface area contributed by atoms with Crippen molar-refractivity contribution in [1.29, 1.82) is 0 Å². The Morgan fingerprint density at radius 2 is 2.25 bits per heavy atom. The van der Waals surface area contributed by atoms with Crippen molar-refractivity contribution in [2.24, 2.45) is 0 Å². The number of carbonyl (C=O) groups excluding carboxylic acids is 1. The van der Waals surface area contributed by atoms with E-state index < -0.39 is 0 Å². The highest BCUT2D eigenvalue weighted by atomic mass is 35.5. The molecule has 1 heterocycles. The van der Waals surface area contributed by atoms with E-state index in [9.17, 15) is 4.79 Å². The second kappa shape index (κ2) is 5.72. The largest absolute Gasteiger partial charge is 0.336 e. The predicted octanol–water partition coefficient (Wildman–Crippen LogP) is 3.11. The lowest BCUT2D eigenvalue weighted by atomic mass is 9.86. The van der Waals surface area contributed by atoms with Gasteiger partial charge in [0.1, 0.15) is 0 Å². The van der Waals surface area contributed by atoms with Crippen LogP contribution >= 0.6 is 11.6 Å². The van der Waals surface area contributed by atoms with Crippen LogP contribution in [0.3, 0.4) is 0 Å². The van der Waals surface area contributed by atoms with Crippen LogP contribution in [0.1, 0.15) is 44.9 Å². The van der Waals surface area contributed by atoms with Gasteiger partial charge in [-0.15, -0.1) is 11.6 Å². The maximum absolute atomic E-state index is 11.9. The zero-order valence-corrected chi connectivity index (χ0v) is 10.5. The Morgan fingerprint density at radius 3 is 3.06 bits per heavy atom. The number of piperidine rings is 1. The van der Waals surface area contributed by atoms with Gasteiger partial charge in [-0.1, -0.05) is 11.6 Å². The van der Waals surface area contributed by atoms with Gasteiger partial charge < -0.3 is 4.90 Å². The topological polar surface area (TPSA) is 20.3 Å². The van der Waals surface area contributed by atoms with Gasteiger partial charge in [-0.25, -0.2) is 0 Å². The number of hydrogen-bond donors (Lipinski definition) is 0. The number of halogens is 1. The van der Waals surface area contributed by atoms with Gasteiger partial charge in [-0.2, -0.15) is 0 Å². The number of amides is 1. The number of alkyl halides is 1. The van der Waals surface area contributed by atoms with Crippen LogP contribution < -0.4 is 0 Å². The second-order valence-corrected chi connectivity index (χ2v) is 5.09.